The fraction of sp³-hybridized carbons (Fsp3) is 0.0769. The van der Waals surface area contributed by atoms with E-state index in [1.165, 1.54) is 6.07 Å². The number of aromatic nitrogens is 1. The highest BCUT2D eigenvalue weighted by atomic mass is 35.5. The molecule has 1 aromatic heterocycles. The van der Waals surface area contributed by atoms with Crippen LogP contribution in [0.4, 0.5) is 4.39 Å². The molecule has 0 spiro atoms. The molecule has 2 nitrogen and oxygen atoms in total. The summed E-state index contributed by atoms with van der Waals surface area (Å²) in [7, 11) is 0. The first kappa shape index (κ1) is 12.8. The zero-order valence-corrected chi connectivity index (χ0v) is 10.6. The molecule has 0 aliphatic carbocycles. The highest BCUT2D eigenvalue weighted by Gasteiger charge is 2.09. The van der Waals surface area contributed by atoms with Crippen molar-refractivity contribution in [3.8, 4) is 17.3 Å². The van der Waals surface area contributed by atoms with E-state index >= 15 is 0 Å². The summed E-state index contributed by atoms with van der Waals surface area (Å²) in [6.45, 7) is 0. The van der Waals surface area contributed by atoms with Gasteiger partial charge in [-0.25, -0.2) is 4.98 Å². The molecule has 0 aliphatic rings. The lowest BCUT2D eigenvalue weighted by molar-refractivity contribution is 0.583. The van der Waals surface area contributed by atoms with E-state index in [4.69, 9.17) is 28.5 Å². The molecule has 18 heavy (non-hydrogen) atoms. The Hall–Kier alpha value is -1.63. The molecule has 1 aromatic carbocycles. The van der Waals surface area contributed by atoms with Gasteiger partial charge in [0.05, 0.1) is 23.2 Å². The number of benzene rings is 1. The Morgan fingerprint density at radius 2 is 2.00 bits per heavy atom. The predicted octanol–water partition coefficient (Wildman–Crippen LogP) is 4.26. The lowest BCUT2D eigenvalue weighted by Gasteiger charge is -2.06. The van der Waals surface area contributed by atoms with E-state index in [0.717, 1.165) is 0 Å². The molecule has 1 heterocycles. The number of pyridine rings is 1. The van der Waals surface area contributed by atoms with Crippen LogP contribution >= 0.6 is 23.2 Å². The lowest BCUT2D eigenvalue weighted by Crippen LogP contribution is -1.93. The summed E-state index contributed by atoms with van der Waals surface area (Å²) in [5, 5.41) is 9.52. The maximum atomic E-state index is 13.4. The monoisotopic (exact) mass is 280 g/mol. The molecule has 0 amide bonds. The van der Waals surface area contributed by atoms with Crippen LogP contribution in [0.1, 0.15) is 5.56 Å². The highest BCUT2D eigenvalue weighted by molar-refractivity contribution is 6.36. The van der Waals surface area contributed by atoms with Gasteiger partial charge in [0.2, 0.25) is 5.95 Å². The lowest BCUT2D eigenvalue weighted by atomic mass is 10.1. The van der Waals surface area contributed by atoms with Crippen molar-refractivity contribution in [2.45, 2.75) is 6.42 Å². The van der Waals surface area contributed by atoms with Crippen molar-refractivity contribution in [2.24, 2.45) is 0 Å². The average Bonchev–Trinajstić information content (AvgIpc) is 2.28. The van der Waals surface area contributed by atoms with Crippen LogP contribution in [-0.4, -0.2) is 4.98 Å². The van der Waals surface area contributed by atoms with Crippen molar-refractivity contribution in [2.75, 3.05) is 0 Å². The van der Waals surface area contributed by atoms with Gasteiger partial charge in [-0.2, -0.15) is 9.65 Å². The van der Waals surface area contributed by atoms with E-state index in [1.54, 1.807) is 24.3 Å². The fourth-order valence-electron chi connectivity index (χ4n) is 1.58. The van der Waals surface area contributed by atoms with Gasteiger partial charge in [-0.3, -0.25) is 0 Å². The number of rotatable bonds is 2. The Labute approximate surface area is 114 Å². The molecule has 90 valence electrons. The van der Waals surface area contributed by atoms with Gasteiger partial charge in [0.25, 0.3) is 0 Å². The zero-order valence-electron chi connectivity index (χ0n) is 9.12. The van der Waals surface area contributed by atoms with Crippen LogP contribution < -0.4 is 0 Å². The fourth-order valence-corrected chi connectivity index (χ4v) is 2.08. The van der Waals surface area contributed by atoms with E-state index < -0.39 is 5.95 Å². The van der Waals surface area contributed by atoms with Gasteiger partial charge in [-0.1, -0.05) is 23.2 Å². The normalized spacial score (nSPS) is 10.1. The van der Waals surface area contributed by atoms with Gasteiger partial charge in [0.15, 0.2) is 0 Å². The first-order valence-electron chi connectivity index (χ1n) is 5.09. The smallest absolute Gasteiger partial charge is 0.213 e. The van der Waals surface area contributed by atoms with Crippen molar-refractivity contribution in [3.63, 3.8) is 0 Å². The maximum absolute atomic E-state index is 13.4. The minimum atomic E-state index is -0.635. The topological polar surface area (TPSA) is 36.7 Å². The number of nitriles is 1. The molecule has 0 radical (unpaired) electrons. The standard InChI is InChI=1S/C13H7Cl2FN2/c14-9-1-2-10(11(15)7-9)12-5-8(3-4-17)6-13(16)18-12/h1-2,5-7H,3H2. The molecule has 2 aromatic rings. The molecule has 5 heteroatoms. The van der Waals surface area contributed by atoms with Crippen LogP contribution in [0.25, 0.3) is 11.3 Å². The van der Waals surface area contributed by atoms with E-state index in [0.29, 0.717) is 26.9 Å². The Balaban J connectivity index is 2.53. The van der Waals surface area contributed by atoms with Crippen molar-refractivity contribution < 1.29 is 4.39 Å². The summed E-state index contributed by atoms with van der Waals surface area (Å²) in [5.74, 6) is -0.635. The quantitative estimate of drug-likeness (QED) is 0.771. The summed E-state index contributed by atoms with van der Waals surface area (Å²) in [4.78, 5) is 3.77. The summed E-state index contributed by atoms with van der Waals surface area (Å²) in [6.07, 6.45) is 0.123. The van der Waals surface area contributed by atoms with Gasteiger partial charge in [-0.05, 0) is 35.9 Å². The molecule has 0 saturated heterocycles. The van der Waals surface area contributed by atoms with Crippen LogP contribution in [-0.2, 0) is 6.42 Å². The van der Waals surface area contributed by atoms with E-state index in [2.05, 4.69) is 4.98 Å². The second-order valence-corrected chi connectivity index (χ2v) is 4.49. The van der Waals surface area contributed by atoms with Crippen LogP contribution in [0.5, 0.6) is 0 Å². The third-order valence-corrected chi connectivity index (χ3v) is 2.89. The number of nitrogens with zero attached hydrogens (tertiary/aromatic N) is 2. The molecule has 0 bridgehead atoms. The second kappa shape index (κ2) is 5.34. The third-order valence-electron chi connectivity index (χ3n) is 2.34. The molecule has 0 unspecified atom stereocenters. The van der Waals surface area contributed by atoms with Crippen molar-refractivity contribution in [3.05, 3.63) is 51.9 Å². The zero-order chi connectivity index (χ0) is 13.1. The van der Waals surface area contributed by atoms with Crippen LogP contribution in [0.2, 0.25) is 10.0 Å². The third kappa shape index (κ3) is 2.79. The van der Waals surface area contributed by atoms with Gasteiger partial charge in [0.1, 0.15) is 0 Å². The second-order valence-electron chi connectivity index (χ2n) is 3.64. The number of halogens is 3. The van der Waals surface area contributed by atoms with Crippen LogP contribution in [0.3, 0.4) is 0 Å². The average molecular weight is 281 g/mol. The van der Waals surface area contributed by atoms with Crippen LogP contribution in [0, 0.1) is 17.3 Å². The molecule has 0 fully saturated rings. The molecule has 2 rings (SSSR count). The molecule has 0 N–H and O–H groups in total. The Morgan fingerprint density at radius 3 is 2.67 bits per heavy atom. The SMILES string of the molecule is N#CCc1cc(F)nc(-c2ccc(Cl)cc2Cl)c1. The number of hydrogen-bond acceptors (Lipinski definition) is 2. The molecule has 0 saturated carbocycles. The van der Waals surface area contributed by atoms with Crippen molar-refractivity contribution in [1.29, 1.82) is 5.26 Å². The summed E-state index contributed by atoms with van der Waals surface area (Å²) < 4.78 is 13.4. The maximum Gasteiger partial charge on any atom is 0.213 e. The van der Waals surface area contributed by atoms with Gasteiger partial charge in [-0.15, -0.1) is 0 Å². The predicted molar refractivity (Wildman–Crippen MR) is 69.0 cm³/mol. The van der Waals surface area contributed by atoms with Gasteiger partial charge < -0.3 is 0 Å². The molecule has 0 aliphatic heterocycles. The summed E-state index contributed by atoms with van der Waals surface area (Å²) >= 11 is 11.8. The largest absolute Gasteiger partial charge is 0.220 e. The van der Waals surface area contributed by atoms with Crippen molar-refractivity contribution in [1.82, 2.24) is 4.98 Å². The highest BCUT2D eigenvalue weighted by Crippen LogP contribution is 2.29. The molecular formula is C13H7Cl2FN2. The van der Waals surface area contributed by atoms with E-state index in [-0.39, 0.29) is 6.42 Å². The minimum Gasteiger partial charge on any atom is -0.220 e. The minimum absolute atomic E-state index is 0.123. The van der Waals surface area contributed by atoms with Gasteiger partial charge in [0, 0.05) is 10.6 Å². The molecular weight excluding hydrogens is 274 g/mol. The first-order valence-corrected chi connectivity index (χ1v) is 5.84. The van der Waals surface area contributed by atoms with Crippen molar-refractivity contribution >= 4 is 23.2 Å². The van der Waals surface area contributed by atoms with Crippen LogP contribution in [0.15, 0.2) is 30.3 Å². The summed E-state index contributed by atoms with van der Waals surface area (Å²) in [6, 6.07) is 9.72. The Kier molecular flexibility index (Phi) is 3.81. The van der Waals surface area contributed by atoms with Gasteiger partial charge >= 0.3 is 0 Å². The Bertz CT molecular complexity index is 635. The molecule has 0 atom stereocenters. The van der Waals surface area contributed by atoms with E-state index in [1.807, 2.05) is 6.07 Å². The Morgan fingerprint density at radius 1 is 1.22 bits per heavy atom. The van der Waals surface area contributed by atoms with E-state index in [9.17, 15) is 4.39 Å². The summed E-state index contributed by atoms with van der Waals surface area (Å²) in [5.41, 5.74) is 1.53. The first-order chi connectivity index (χ1) is 8.60. The number of hydrogen-bond donors (Lipinski definition) is 0.